The highest BCUT2D eigenvalue weighted by molar-refractivity contribution is 5.85. The highest BCUT2D eigenvalue weighted by Gasteiger charge is 2.25. The van der Waals surface area contributed by atoms with Gasteiger partial charge in [-0.2, -0.15) is 0 Å². The normalized spacial score (nSPS) is 20.7. The Bertz CT molecular complexity index is 496. The van der Waals surface area contributed by atoms with Gasteiger partial charge < -0.3 is 20.5 Å². The van der Waals surface area contributed by atoms with Crippen molar-refractivity contribution in [2.24, 2.45) is 11.7 Å². The molecule has 1 amide bonds. The Balaban J connectivity index is 0.00000242. The molecule has 0 radical (unpaired) electrons. The predicted octanol–water partition coefficient (Wildman–Crippen LogP) is 2.26. The molecule has 1 aliphatic carbocycles. The molecule has 124 valence electrons. The van der Waals surface area contributed by atoms with Crippen molar-refractivity contribution < 1.29 is 14.3 Å². The third-order valence-corrected chi connectivity index (χ3v) is 4.03. The van der Waals surface area contributed by atoms with Crippen LogP contribution in [0.4, 0.5) is 0 Å². The number of amides is 1. The molecule has 1 aromatic rings. The maximum atomic E-state index is 12.2. The Morgan fingerprint density at radius 2 is 2.09 bits per heavy atom. The molecule has 0 aromatic heterocycles. The second kappa shape index (κ2) is 8.86. The monoisotopic (exact) mass is 328 g/mol. The lowest BCUT2D eigenvalue weighted by molar-refractivity contribution is -0.126. The number of methoxy groups -OCH3 is 2. The molecule has 1 aliphatic rings. The number of ether oxygens (including phenoxy) is 2. The number of hydrogen-bond donors (Lipinski definition) is 2. The van der Waals surface area contributed by atoms with Crippen LogP contribution in [-0.4, -0.2) is 26.2 Å². The Hall–Kier alpha value is -1.46. The van der Waals surface area contributed by atoms with Crippen molar-refractivity contribution in [1.29, 1.82) is 0 Å². The zero-order chi connectivity index (χ0) is 15.2. The van der Waals surface area contributed by atoms with Gasteiger partial charge in [0, 0.05) is 24.1 Å². The smallest absolute Gasteiger partial charge is 0.223 e. The van der Waals surface area contributed by atoms with Crippen molar-refractivity contribution >= 4 is 18.3 Å². The molecule has 1 saturated carbocycles. The first-order valence-electron chi connectivity index (χ1n) is 7.38. The van der Waals surface area contributed by atoms with Crippen LogP contribution in [0.2, 0.25) is 0 Å². The number of benzene rings is 1. The molecule has 2 atom stereocenters. The summed E-state index contributed by atoms with van der Waals surface area (Å²) in [5, 5.41) is 2.99. The summed E-state index contributed by atoms with van der Waals surface area (Å²) in [6.45, 7) is 0.435. The van der Waals surface area contributed by atoms with E-state index in [0.717, 1.165) is 42.7 Å². The van der Waals surface area contributed by atoms with Crippen molar-refractivity contribution in [3.8, 4) is 11.5 Å². The van der Waals surface area contributed by atoms with Crippen LogP contribution in [0.3, 0.4) is 0 Å². The Kier molecular flexibility index (Phi) is 7.48. The number of nitrogens with two attached hydrogens (primary N) is 1. The molecule has 22 heavy (non-hydrogen) atoms. The van der Waals surface area contributed by atoms with Crippen LogP contribution in [-0.2, 0) is 11.3 Å². The van der Waals surface area contributed by atoms with Crippen LogP contribution < -0.4 is 20.5 Å². The minimum Gasteiger partial charge on any atom is -0.497 e. The molecule has 0 spiro atoms. The summed E-state index contributed by atoms with van der Waals surface area (Å²) in [5.41, 5.74) is 6.84. The average molecular weight is 329 g/mol. The van der Waals surface area contributed by atoms with Crippen molar-refractivity contribution in [3.63, 3.8) is 0 Å². The quantitative estimate of drug-likeness (QED) is 0.869. The van der Waals surface area contributed by atoms with Crippen LogP contribution in [0.5, 0.6) is 11.5 Å². The molecular formula is C16H25ClN2O3. The van der Waals surface area contributed by atoms with E-state index in [1.807, 2.05) is 18.2 Å². The highest BCUT2D eigenvalue weighted by Crippen LogP contribution is 2.25. The minimum absolute atomic E-state index is 0. The topological polar surface area (TPSA) is 73.6 Å². The van der Waals surface area contributed by atoms with Gasteiger partial charge in [-0.15, -0.1) is 12.4 Å². The first-order chi connectivity index (χ1) is 10.1. The fraction of sp³-hybridized carbons (Fsp3) is 0.562. The number of rotatable bonds is 5. The molecule has 2 rings (SSSR count). The fourth-order valence-electron chi connectivity index (χ4n) is 2.81. The van der Waals surface area contributed by atoms with Gasteiger partial charge in [0.1, 0.15) is 11.5 Å². The summed E-state index contributed by atoms with van der Waals surface area (Å²) < 4.78 is 10.5. The second-order valence-corrected chi connectivity index (χ2v) is 5.52. The first-order valence-corrected chi connectivity index (χ1v) is 7.38. The summed E-state index contributed by atoms with van der Waals surface area (Å²) in [6.07, 6.45) is 3.76. The van der Waals surface area contributed by atoms with E-state index >= 15 is 0 Å². The van der Waals surface area contributed by atoms with Crippen LogP contribution in [0, 0.1) is 5.92 Å². The summed E-state index contributed by atoms with van der Waals surface area (Å²) in [6, 6.07) is 5.72. The van der Waals surface area contributed by atoms with Gasteiger partial charge in [0.15, 0.2) is 0 Å². The fourth-order valence-corrected chi connectivity index (χ4v) is 2.81. The van der Waals surface area contributed by atoms with Gasteiger partial charge in [0.25, 0.3) is 0 Å². The van der Waals surface area contributed by atoms with Crippen molar-refractivity contribution in [2.75, 3.05) is 14.2 Å². The minimum atomic E-state index is 0. The second-order valence-electron chi connectivity index (χ2n) is 5.52. The number of carbonyl (C=O) groups is 1. The maximum Gasteiger partial charge on any atom is 0.223 e. The number of nitrogens with one attached hydrogen (secondary N) is 1. The molecule has 0 heterocycles. The SMILES string of the molecule is COc1ccc(OC)c(CNC(=O)C2CCCC(N)C2)c1.Cl. The van der Waals surface area contributed by atoms with E-state index in [1.165, 1.54) is 0 Å². The van der Waals surface area contributed by atoms with Gasteiger partial charge in [-0.25, -0.2) is 0 Å². The van der Waals surface area contributed by atoms with Crippen LogP contribution in [0.15, 0.2) is 18.2 Å². The molecule has 2 unspecified atom stereocenters. The third kappa shape index (κ3) is 4.78. The lowest BCUT2D eigenvalue weighted by atomic mass is 9.85. The van der Waals surface area contributed by atoms with Gasteiger partial charge in [0.05, 0.1) is 14.2 Å². The van der Waals surface area contributed by atoms with E-state index in [9.17, 15) is 4.79 Å². The van der Waals surface area contributed by atoms with Crippen molar-refractivity contribution in [2.45, 2.75) is 38.3 Å². The molecule has 0 aliphatic heterocycles. The van der Waals surface area contributed by atoms with E-state index in [4.69, 9.17) is 15.2 Å². The van der Waals surface area contributed by atoms with Gasteiger partial charge in [-0.1, -0.05) is 6.42 Å². The van der Waals surface area contributed by atoms with Gasteiger partial charge in [-0.05, 0) is 37.5 Å². The van der Waals surface area contributed by atoms with E-state index < -0.39 is 0 Å². The molecule has 6 heteroatoms. The molecular weight excluding hydrogens is 304 g/mol. The van der Waals surface area contributed by atoms with Crippen molar-refractivity contribution in [3.05, 3.63) is 23.8 Å². The summed E-state index contributed by atoms with van der Waals surface area (Å²) in [4.78, 5) is 12.2. The number of halogens is 1. The van der Waals surface area contributed by atoms with Gasteiger partial charge in [0.2, 0.25) is 5.91 Å². The van der Waals surface area contributed by atoms with Crippen LogP contribution in [0.1, 0.15) is 31.2 Å². The van der Waals surface area contributed by atoms with E-state index in [2.05, 4.69) is 5.32 Å². The largest absolute Gasteiger partial charge is 0.497 e. The lowest BCUT2D eigenvalue weighted by Gasteiger charge is -2.25. The summed E-state index contributed by atoms with van der Waals surface area (Å²) >= 11 is 0. The molecule has 1 fully saturated rings. The van der Waals surface area contributed by atoms with E-state index in [0.29, 0.717) is 6.54 Å². The van der Waals surface area contributed by atoms with Crippen LogP contribution >= 0.6 is 12.4 Å². The van der Waals surface area contributed by atoms with Crippen molar-refractivity contribution in [1.82, 2.24) is 5.32 Å². The van der Waals surface area contributed by atoms with Gasteiger partial charge in [-0.3, -0.25) is 4.79 Å². The number of carbonyl (C=O) groups excluding carboxylic acids is 1. The number of hydrogen-bond acceptors (Lipinski definition) is 4. The molecule has 1 aromatic carbocycles. The average Bonchev–Trinajstić information content (AvgIpc) is 2.52. The summed E-state index contributed by atoms with van der Waals surface area (Å²) in [7, 11) is 3.24. The molecule has 0 saturated heterocycles. The lowest BCUT2D eigenvalue weighted by Crippen LogP contribution is -2.37. The first kappa shape index (κ1) is 18.6. The van der Waals surface area contributed by atoms with Gasteiger partial charge >= 0.3 is 0 Å². The molecule has 0 bridgehead atoms. The standard InChI is InChI=1S/C16H24N2O3.ClH/c1-20-14-6-7-15(21-2)12(9-14)10-18-16(19)11-4-3-5-13(17)8-11;/h6-7,9,11,13H,3-5,8,10,17H2,1-2H3,(H,18,19);1H. The molecule has 5 nitrogen and oxygen atoms in total. The summed E-state index contributed by atoms with van der Waals surface area (Å²) in [5.74, 6) is 1.61. The predicted molar refractivity (Wildman–Crippen MR) is 88.6 cm³/mol. The van der Waals surface area contributed by atoms with Crippen LogP contribution in [0.25, 0.3) is 0 Å². The maximum absolute atomic E-state index is 12.2. The molecule has 3 N–H and O–H groups in total. The third-order valence-electron chi connectivity index (χ3n) is 4.03. The zero-order valence-electron chi connectivity index (χ0n) is 13.1. The Morgan fingerprint density at radius 1 is 1.32 bits per heavy atom. The highest BCUT2D eigenvalue weighted by atomic mass is 35.5. The Morgan fingerprint density at radius 3 is 2.73 bits per heavy atom. The van der Waals surface area contributed by atoms with E-state index in [1.54, 1.807) is 14.2 Å². The zero-order valence-corrected chi connectivity index (χ0v) is 13.9. The van der Waals surface area contributed by atoms with E-state index in [-0.39, 0.29) is 30.3 Å². The Labute approximate surface area is 138 Å².